The van der Waals surface area contributed by atoms with Crippen molar-refractivity contribution in [3.8, 4) is 0 Å². The first kappa shape index (κ1) is 15.7. The standard InChI is InChI=1S/C16H19ClN2O2/c1-4-21-16(12-8-6-5-7-9-12)15(20)14-13(17)10-18-19(14)11(2)3/h5-11,16H,4H2,1-3H3. The highest BCUT2D eigenvalue weighted by Gasteiger charge is 2.28. The number of nitrogens with zero attached hydrogens (tertiary/aromatic N) is 2. The Balaban J connectivity index is 2.42. The lowest BCUT2D eigenvalue weighted by Crippen LogP contribution is -2.21. The fourth-order valence-corrected chi connectivity index (χ4v) is 2.43. The SMILES string of the molecule is CCOC(C(=O)c1c(Cl)cnn1C(C)C)c1ccccc1. The van der Waals surface area contributed by atoms with Gasteiger partial charge in [0.05, 0.1) is 11.2 Å². The van der Waals surface area contributed by atoms with E-state index < -0.39 is 6.10 Å². The van der Waals surface area contributed by atoms with E-state index in [9.17, 15) is 4.79 Å². The van der Waals surface area contributed by atoms with E-state index >= 15 is 0 Å². The molecule has 1 aromatic heterocycles. The van der Waals surface area contributed by atoms with Crippen LogP contribution in [0, 0.1) is 0 Å². The summed E-state index contributed by atoms with van der Waals surface area (Å²) in [6.45, 7) is 6.22. The Kier molecular flexibility index (Phi) is 5.15. The zero-order valence-electron chi connectivity index (χ0n) is 12.4. The molecule has 21 heavy (non-hydrogen) atoms. The Labute approximate surface area is 129 Å². The Hall–Kier alpha value is -1.65. The summed E-state index contributed by atoms with van der Waals surface area (Å²) in [5.74, 6) is -0.167. The smallest absolute Gasteiger partial charge is 0.215 e. The minimum atomic E-state index is -0.664. The molecule has 1 atom stereocenters. The van der Waals surface area contributed by atoms with Crippen LogP contribution in [-0.2, 0) is 4.74 Å². The van der Waals surface area contributed by atoms with Gasteiger partial charge >= 0.3 is 0 Å². The number of aromatic nitrogens is 2. The van der Waals surface area contributed by atoms with Gasteiger partial charge in [-0.05, 0) is 26.3 Å². The highest BCUT2D eigenvalue weighted by molar-refractivity contribution is 6.33. The highest BCUT2D eigenvalue weighted by atomic mass is 35.5. The molecule has 0 aliphatic heterocycles. The van der Waals surface area contributed by atoms with Gasteiger partial charge < -0.3 is 4.74 Å². The number of hydrogen-bond acceptors (Lipinski definition) is 3. The van der Waals surface area contributed by atoms with E-state index in [1.165, 1.54) is 6.20 Å². The normalized spacial score (nSPS) is 12.6. The zero-order valence-corrected chi connectivity index (χ0v) is 13.2. The molecule has 4 nitrogen and oxygen atoms in total. The van der Waals surface area contributed by atoms with Gasteiger partial charge in [0.25, 0.3) is 0 Å². The van der Waals surface area contributed by atoms with Crippen LogP contribution < -0.4 is 0 Å². The van der Waals surface area contributed by atoms with E-state index in [-0.39, 0.29) is 11.8 Å². The van der Waals surface area contributed by atoms with Gasteiger partial charge in [-0.2, -0.15) is 5.10 Å². The number of ether oxygens (including phenoxy) is 1. The molecule has 2 rings (SSSR count). The number of benzene rings is 1. The minimum absolute atomic E-state index is 0.0505. The molecule has 0 fully saturated rings. The van der Waals surface area contributed by atoms with Gasteiger partial charge in [-0.3, -0.25) is 9.48 Å². The Morgan fingerprint density at radius 2 is 2.00 bits per heavy atom. The number of hydrogen-bond donors (Lipinski definition) is 0. The first-order chi connectivity index (χ1) is 10.1. The summed E-state index contributed by atoms with van der Waals surface area (Å²) in [5.41, 5.74) is 1.21. The van der Waals surface area contributed by atoms with E-state index in [4.69, 9.17) is 16.3 Å². The molecule has 0 saturated carbocycles. The number of rotatable bonds is 6. The number of halogens is 1. The molecule has 0 amide bonds. The number of carbonyl (C=O) groups excluding carboxylic acids is 1. The van der Waals surface area contributed by atoms with Crippen molar-refractivity contribution in [1.29, 1.82) is 0 Å². The predicted molar refractivity (Wildman–Crippen MR) is 82.8 cm³/mol. The molecule has 0 bridgehead atoms. The van der Waals surface area contributed by atoms with Gasteiger partial charge in [-0.1, -0.05) is 41.9 Å². The number of ketones is 1. The monoisotopic (exact) mass is 306 g/mol. The fraction of sp³-hybridized carbons (Fsp3) is 0.375. The van der Waals surface area contributed by atoms with Crippen LogP contribution in [0.2, 0.25) is 5.02 Å². The van der Waals surface area contributed by atoms with E-state index in [2.05, 4.69) is 5.10 Å². The second-order valence-corrected chi connectivity index (χ2v) is 5.40. The molecular formula is C16H19ClN2O2. The van der Waals surface area contributed by atoms with Gasteiger partial charge in [0.1, 0.15) is 11.8 Å². The van der Waals surface area contributed by atoms with E-state index in [0.29, 0.717) is 17.3 Å². The van der Waals surface area contributed by atoms with Crippen LogP contribution in [0.3, 0.4) is 0 Å². The van der Waals surface area contributed by atoms with Gasteiger partial charge in [0.15, 0.2) is 0 Å². The summed E-state index contributed by atoms with van der Waals surface area (Å²) in [5, 5.41) is 4.54. The van der Waals surface area contributed by atoms with Crippen LogP contribution in [-0.4, -0.2) is 22.2 Å². The fourth-order valence-electron chi connectivity index (χ4n) is 2.21. The molecule has 0 spiro atoms. The van der Waals surface area contributed by atoms with E-state index in [1.807, 2.05) is 51.1 Å². The van der Waals surface area contributed by atoms with E-state index in [0.717, 1.165) is 5.56 Å². The topological polar surface area (TPSA) is 44.1 Å². The maximum absolute atomic E-state index is 12.9. The quantitative estimate of drug-likeness (QED) is 0.755. The Morgan fingerprint density at radius 1 is 1.33 bits per heavy atom. The lowest BCUT2D eigenvalue weighted by atomic mass is 10.0. The van der Waals surface area contributed by atoms with Crippen LogP contribution in [0.4, 0.5) is 0 Å². The molecule has 1 unspecified atom stereocenters. The molecule has 0 saturated heterocycles. The van der Waals surface area contributed by atoms with Crippen molar-refractivity contribution in [3.63, 3.8) is 0 Å². The first-order valence-electron chi connectivity index (χ1n) is 7.00. The lowest BCUT2D eigenvalue weighted by molar-refractivity contribution is 0.0441. The maximum Gasteiger partial charge on any atom is 0.215 e. The van der Waals surface area contributed by atoms with Crippen molar-refractivity contribution in [2.45, 2.75) is 32.9 Å². The van der Waals surface area contributed by atoms with Crippen molar-refractivity contribution < 1.29 is 9.53 Å². The van der Waals surface area contributed by atoms with Crippen LogP contribution in [0.1, 0.15) is 49.0 Å². The van der Waals surface area contributed by atoms with E-state index in [1.54, 1.807) is 4.68 Å². The third-order valence-corrected chi connectivity index (χ3v) is 3.42. The third-order valence-electron chi connectivity index (χ3n) is 3.15. The molecule has 5 heteroatoms. The van der Waals surface area contributed by atoms with Crippen LogP contribution in [0.5, 0.6) is 0 Å². The lowest BCUT2D eigenvalue weighted by Gasteiger charge is -2.18. The highest BCUT2D eigenvalue weighted by Crippen LogP contribution is 2.27. The summed E-state index contributed by atoms with van der Waals surface area (Å²) in [4.78, 5) is 12.9. The Morgan fingerprint density at radius 3 is 2.57 bits per heavy atom. The molecule has 0 aliphatic carbocycles. The average molecular weight is 307 g/mol. The first-order valence-corrected chi connectivity index (χ1v) is 7.37. The number of Topliss-reactive ketones (excluding diaryl/α,β-unsaturated/α-hetero) is 1. The molecule has 2 aromatic rings. The molecular weight excluding hydrogens is 288 g/mol. The van der Waals surface area contributed by atoms with Crippen LogP contribution >= 0.6 is 11.6 Å². The van der Waals surface area contributed by atoms with Crippen LogP contribution in [0.25, 0.3) is 0 Å². The zero-order chi connectivity index (χ0) is 15.4. The summed E-state index contributed by atoms with van der Waals surface area (Å²) < 4.78 is 7.29. The summed E-state index contributed by atoms with van der Waals surface area (Å²) in [6, 6.07) is 9.48. The third kappa shape index (κ3) is 3.34. The van der Waals surface area contributed by atoms with Gasteiger partial charge in [0.2, 0.25) is 5.78 Å². The van der Waals surface area contributed by atoms with Crippen molar-refractivity contribution in [2.24, 2.45) is 0 Å². The predicted octanol–water partition coefficient (Wildman–Crippen LogP) is 4.08. The molecule has 0 N–H and O–H groups in total. The van der Waals surface area contributed by atoms with Crippen molar-refractivity contribution in [3.05, 3.63) is 52.8 Å². The summed E-state index contributed by atoms with van der Waals surface area (Å²) in [6.07, 6.45) is 0.839. The summed E-state index contributed by atoms with van der Waals surface area (Å²) in [7, 11) is 0. The van der Waals surface area contributed by atoms with Gasteiger partial charge in [-0.15, -0.1) is 0 Å². The van der Waals surface area contributed by atoms with Crippen LogP contribution in [0.15, 0.2) is 36.5 Å². The second kappa shape index (κ2) is 6.87. The number of carbonyl (C=O) groups is 1. The van der Waals surface area contributed by atoms with Gasteiger partial charge in [-0.25, -0.2) is 0 Å². The largest absolute Gasteiger partial charge is 0.366 e. The summed E-state index contributed by atoms with van der Waals surface area (Å²) >= 11 is 6.16. The second-order valence-electron chi connectivity index (χ2n) is 4.99. The maximum atomic E-state index is 12.9. The Bertz CT molecular complexity index is 608. The molecule has 0 radical (unpaired) electrons. The average Bonchev–Trinajstić information content (AvgIpc) is 2.87. The van der Waals surface area contributed by atoms with Crippen molar-refractivity contribution in [2.75, 3.05) is 6.61 Å². The van der Waals surface area contributed by atoms with Crippen molar-refractivity contribution >= 4 is 17.4 Å². The van der Waals surface area contributed by atoms with Gasteiger partial charge in [0, 0.05) is 12.6 Å². The molecule has 0 aliphatic rings. The molecule has 1 aromatic carbocycles. The van der Waals surface area contributed by atoms with Crippen molar-refractivity contribution in [1.82, 2.24) is 9.78 Å². The molecule has 1 heterocycles. The minimum Gasteiger partial charge on any atom is -0.366 e. The molecule has 112 valence electrons.